The van der Waals surface area contributed by atoms with Crippen LogP contribution in [0.25, 0.3) is 0 Å². The van der Waals surface area contributed by atoms with Crippen molar-refractivity contribution in [3.05, 3.63) is 12.2 Å². The average molecular weight is 211 g/mol. The molecule has 84 valence electrons. The van der Waals surface area contributed by atoms with E-state index in [1.807, 2.05) is 0 Å². The van der Waals surface area contributed by atoms with Gasteiger partial charge < -0.3 is 15.5 Å². The van der Waals surface area contributed by atoms with Gasteiger partial charge in [-0.25, -0.2) is 0 Å². The first-order valence-electron chi connectivity index (χ1n) is 5.49. The molecule has 2 aliphatic rings. The molecular weight excluding hydrogens is 194 g/mol. The maximum atomic E-state index is 11.3. The molecule has 0 amide bonds. The summed E-state index contributed by atoms with van der Waals surface area (Å²) in [5.41, 5.74) is 0. The van der Waals surface area contributed by atoms with Crippen LogP contribution >= 0.6 is 0 Å². The molecule has 4 nitrogen and oxygen atoms in total. The fourth-order valence-electron chi connectivity index (χ4n) is 2.56. The molecule has 0 saturated carbocycles. The normalized spacial score (nSPS) is 38.3. The number of hydrogen-bond donors (Lipinski definition) is 3. The van der Waals surface area contributed by atoms with Crippen molar-refractivity contribution in [2.24, 2.45) is 11.8 Å². The van der Waals surface area contributed by atoms with Gasteiger partial charge in [0, 0.05) is 5.92 Å². The highest BCUT2D eigenvalue weighted by atomic mass is 16.3. The summed E-state index contributed by atoms with van der Waals surface area (Å²) < 4.78 is 0. The Bertz CT molecular complexity index is 271. The van der Waals surface area contributed by atoms with E-state index in [1.165, 1.54) is 12.2 Å². The number of aliphatic hydroxyl groups excluding tert-OH is 2. The number of nitrogens with one attached hydrogen (secondary N) is 1. The molecule has 0 bridgehead atoms. The molecule has 0 radical (unpaired) electrons. The van der Waals surface area contributed by atoms with Crippen LogP contribution in [0, 0.1) is 11.8 Å². The standard InChI is InChI=1S/C11H17NO3/c13-8-1-2-9(14)11(15)10(8)7-3-5-12-6-4-7/h1-2,7-8,10-13,15H,3-6H2. The van der Waals surface area contributed by atoms with Crippen molar-refractivity contribution in [1.29, 1.82) is 0 Å². The quantitative estimate of drug-likeness (QED) is 0.545. The second-order valence-corrected chi connectivity index (χ2v) is 4.36. The molecule has 1 fully saturated rings. The van der Waals surface area contributed by atoms with E-state index in [0.717, 1.165) is 25.9 Å². The number of piperidine rings is 1. The topological polar surface area (TPSA) is 69.6 Å². The molecule has 15 heavy (non-hydrogen) atoms. The van der Waals surface area contributed by atoms with E-state index in [2.05, 4.69) is 5.32 Å². The summed E-state index contributed by atoms with van der Waals surface area (Å²) in [6.45, 7) is 1.80. The van der Waals surface area contributed by atoms with Crippen LogP contribution in [0.2, 0.25) is 0 Å². The third-order valence-corrected chi connectivity index (χ3v) is 3.44. The highest BCUT2D eigenvalue weighted by Gasteiger charge is 2.38. The van der Waals surface area contributed by atoms with Crippen molar-refractivity contribution in [2.75, 3.05) is 13.1 Å². The SMILES string of the molecule is O=C1C=CC(O)C(C2CCNCC2)C1O. The van der Waals surface area contributed by atoms with E-state index in [0.29, 0.717) is 0 Å². The van der Waals surface area contributed by atoms with E-state index in [-0.39, 0.29) is 17.6 Å². The van der Waals surface area contributed by atoms with Crippen LogP contribution in [0.4, 0.5) is 0 Å². The molecule has 4 heteroatoms. The number of aliphatic hydroxyl groups is 2. The maximum absolute atomic E-state index is 11.3. The zero-order valence-electron chi connectivity index (χ0n) is 8.60. The van der Waals surface area contributed by atoms with Gasteiger partial charge in [-0.15, -0.1) is 0 Å². The smallest absolute Gasteiger partial charge is 0.184 e. The molecule has 0 aromatic heterocycles. The number of carbonyl (C=O) groups is 1. The zero-order chi connectivity index (χ0) is 10.8. The maximum Gasteiger partial charge on any atom is 0.184 e. The summed E-state index contributed by atoms with van der Waals surface area (Å²) in [5.74, 6) is -0.349. The Balaban J connectivity index is 2.11. The van der Waals surface area contributed by atoms with Crippen LogP contribution < -0.4 is 5.32 Å². The predicted octanol–water partition coefficient (Wildman–Crippen LogP) is -0.537. The monoisotopic (exact) mass is 211 g/mol. The predicted molar refractivity (Wildman–Crippen MR) is 55.2 cm³/mol. The minimum absolute atomic E-state index is 0.241. The van der Waals surface area contributed by atoms with Crippen LogP contribution in [0.5, 0.6) is 0 Å². The van der Waals surface area contributed by atoms with Gasteiger partial charge in [0.15, 0.2) is 5.78 Å². The number of carbonyl (C=O) groups excluding carboxylic acids is 1. The molecule has 3 unspecified atom stereocenters. The number of rotatable bonds is 1. The fraction of sp³-hybridized carbons (Fsp3) is 0.727. The third-order valence-electron chi connectivity index (χ3n) is 3.44. The van der Waals surface area contributed by atoms with Gasteiger partial charge >= 0.3 is 0 Å². The molecule has 1 aliphatic heterocycles. The van der Waals surface area contributed by atoms with Gasteiger partial charge in [-0.3, -0.25) is 4.79 Å². The second-order valence-electron chi connectivity index (χ2n) is 4.36. The summed E-state index contributed by atoms with van der Waals surface area (Å²) in [4.78, 5) is 11.3. The van der Waals surface area contributed by atoms with Crippen molar-refractivity contribution < 1.29 is 15.0 Å². The molecule has 3 atom stereocenters. The summed E-state index contributed by atoms with van der Waals surface area (Å²) >= 11 is 0. The summed E-state index contributed by atoms with van der Waals surface area (Å²) in [5, 5.41) is 22.8. The lowest BCUT2D eigenvalue weighted by Crippen LogP contribution is -2.46. The summed E-state index contributed by atoms with van der Waals surface area (Å²) in [6.07, 6.45) is 2.92. The number of hydrogen-bond acceptors (Lipinski definition) is 4. The molecular formula is C11H17NO3. The Morgan fingerprint density at radius 3 is 2.60 bits per heavy atom. The minimum Gasteiger partial charge on any atom is -0.389 e. The van der Waals surface area contributed by atoms with Gasteiger partial charge in [0.1, 0.15) is 6.10 Å². The Hall–Kier alpha value is -0.710. The molecule has 1 aliphatic carbocycles. The van der Waals surface area contributed by atoms with Gasteiger partial charge in [-0.05, 0) is 37.9 Å². The average Bonchev–Trinajstić information content (AvgIpc) is 2.26. The summed E-state index contributed by atoms with van der Waals surface area (Å²) in [7, 11) is 0. The highest BCUT2D eigenvalue weighted by Crippen LogP contribution is 2.31. The lowest BCUT2D eigenvalue weighted by molar-refractivity contribution is -0.130. The molecule has 0 aromatic rings. The highest BCUT2D eigenvalue weighted by molar-refractivity contribution is 5.94. The Morgan fingerprint density at radius 1 is 1.27 bits per heavy atom. The molecule has 1 saturated heterocycles. The zero-order valence-corrected chi connectivity index (χ0v) is 8.60. The first kappa shape index (κ1) is 10.8. The van der Waals surface area contributed by atoms with Crippen LogP contribution in [-0.2, 0) is 4.79 Å². The number of ketones is 1. The van der Waals surface area contributed by atoms with Crippen LogP contribution in [0.3, 0.4) is 0 Å². The van der Waals surface area contributed by atoms with E-state index in [1.54, 1.807) is 0 Å². The van der Waals surface area contributed by atoms with E-state index in [4.69, 9.17) is 0 Å². The van der Waals surface area contributed by atoms with Gasteiger partial charge in [-0.1, -0.05) is 6.08 Å². The first-order chi connectivity index (χ1) is 7.20. The summed E-state index contributed by atoms with van der Waals surface area (Å²) in [6, 6.07) is 0. The first-order valence-corrected chi connectivity index (χ1v) is 5.49. The van der Waals surface area contributed by atoms with Crippen molar-refractivity contribution in [1.82, 2.24) is 5.32 Å². The third kappa shape index (κ3) is 2.12. The molecule has 0 spiro atoms. The Morgan fingerprint density at radius 2 is 1.93 bits per heavy atom. The molecule has 2 rings (SSSR count). The van der Waals surface area contributed by atoms with Crippen molar-refractivity contribution in [3.63, 3.8) is 0 Å². The Labute approximate surface area is 89.0 Å². The largest absolute Gasteiger partial charge is 0.389 e. The van der Waals surface area contributed by atoms with Crippen LogP contribution in [0.15, 0.2) is 12.2 Å². The van der Waals surface area contributed by atoms with Crippen LogP contribution in [0.1, 0.15) is 12.8 Å². The van der Waals surface area contributed by atoms with Crippen molar-refractivity contribution >= 4 is 5.78 Å². The van der Waals surface area contributed by atoms with Gasteiger partial charge in [0.05, 0.1) is 6.10 Å². The van der Waals surface area contributed by atoms with E-state index >= 15 is 0 Å². The van der Waals surface area contributed by atoms with E-state index in [9.17, 15) is 15.0 Å². The fourth-order valence-corrected chi connectivity index (χ4v) is 2.56. The van der Waals surface area contributed by atoms with Crippen molar-refractivity contribution in [3.8, 4) is 0 Å². The Kier molecular flexibility index (Phi) is 3.19. The lowest BCUT2D eigenvalue weighted by atomic mass is 9.74. The molecule has 0 aromatic carbocycles. The van der Waals surface area contributed by atoms with Crippen LogP contribution in [-0.4, -0.2) is 41.3 Å². The van der Waals surface area contributed by atoms with E-state index < -0.39 is 12.2 Å². The molecule has 3 N–H and O–H groups in total. The van der Waals surface area contributed by atoms with Gasteiger partial charge in [0.25, 0.3) is 0 Å². The lowest BCUT2D eigenvalue weighted by Gasteiger charge is -2.36. The van der Waals surface area contributed by atoms with Gasteiger partial charge in [-0.2, -0.15) is 0 Å². The molecule has 1 heterocycles. The minimum atomic E-state index is -1.02. The van der Waals surface area contributed by atoms with Gasteiger partial charge in [0.2, 0.25) is 0 Å². The van der Waals surface area contributed by atoms with Crippen molar-refractivity contribution in [2.45, 2.75) is 25.0 Å². The second kappa shape index (κ2) is 4.43.